The summed E-state index contributed by atoms with van der Waals surface area (Å²) in [7, 11) is 0. The average molecular weight is 264 g/mol. The Labute approximate surface area is 113 Å². The van der Waals surface area contributed by atoms with Crippen molar-refractivity contribution in [1.29, 1.82) is 0 Å². The van der Waals surface area contributed by atoms with E-state index >= 15 is 0 Å². The molecule has 1 aromatic rings. The molecule has 104 valence electrons. The predicted molar refractivity (Wildman–Crippen MR) is 73.1 cm³/mol. The normalized spacial score (nSPS) is 24.1. The topological polar surface area (TPSA) is 46.3 Å². The summed E-state index contributed by atoms with van der Waals surface area (Å²) in [4.78, 5) is 13.8. The van der Waals surface area contributed by atoms with Crippen LogP contribution < -0.4 is 5.73 Å². The molecule has 4 heteroatoms. The fourth-order valence-corrected chi connectivity index (χ4v) is 2.82. The monoisotopic (exact) mass is 264 g/mol. The third-order valence-electron chi connectivity index (χ3n) is 3.71. The van der Waals surface area contributed by atoms with Gasteiger partial charge in [0.2, 0.25) is 5.91 Å². The van der Waals surface area contributed by atoms with Gasteiger partial charge in [0.05, 0.1) is 6.04 Å². The maximum absolute atomic E-state index is 14.1. The van der Waals surface area contributed by atoms with Gasteiger partial charge in [-0.2, -0.15) is 0 Å². The van der Waals surface area contributed by atoms with Gasteiger partial charge in [-0.15, -0.1) is 0 Å². The molecule has 1 aliphatic heterocycles. The summed E-state index contributed by atoms with van der Waals surface area (Å²) < 4.78 is 14.1. The molecule has 1 heterocycles. The van der Waals surface area contributed by atoms with Crippen molar-refractivity contribution in [2.24, 2.45) is 5.73 Å². The summed E-state index contributed by atoms with van der Waals surface area (Å²) in [5.41, 5.74) is 7.67. The molecule has 1 amide bonds. The summed E-state index contributed by atoms with van der Waals surface area (Å²) >= 11 is 0. The summed E-state index contributed by atoms with van der Waals surface area (Å²) in [6.45, 7) is 5.80. The van der Waals surface area contributed by atoms with Crippen molar-refractivity contribution < 1.29 is 9.18 Å². The van der Waals surface area contributed by atoms with E-state index in [2.05, 4.69) is 0 Å². The molecule has 0 aliphatic carbocycles. The molecule has 2 N–H and O–H groups in total. The number of piperidine rings is 1. The molecule has 0 aromatic heterocycles. The van der Waals surface area contributed by atoms with Crippen LogP contribution in [0.3, 0.4) is 0 Å². The minimum Gasteiger partial charge on any atom is -0.332 e. The van der Waals surface area contributed by atoms with Crippen LogP contribution in [0.4, 0.5) is 4.39 Å². The average Bonchev–Trinajstić information content (AvgIpc) is 2.34. The highest BCUT2D eigenvalue weighted by molar-refractivity contribution is 5.78. The van der Waals surface area contributed by atoms with Crippen molar-refractivity contribution in [3.05, 3.63) is 35.1 Å². The summed E-state index contributed by atoms with van der Waals surface area (Å²) in [5, 5.41) is 0. The number of aryl methyl sites for hydroxylation is 1. The zero-order chi connectivity index (χ0) is 14.2. The molecule has 0 bridgehead atoms. The SMILES string of the molecule is Cc1ccc(F)c(C2C(N)CCC(=O)N2C(C)C)c1. The minimum atomic E-state index is -0.360. The van der Waals surface area contributed by atoms with Crippen molar-refractivity contribution in [3.8, 4) is 0 Å². The van der Waals surface area contributed by atoms with Gasteiger partial charge in [-0.25, -0.2) is 4.39 Å². The number of carbonyl (C=O) groups excluding carboxylic acids is 1. The highest BCUT2D eigenvalue weighted by Crippen LogP contribution is 2.34. The highest BCUT2D eigenvalue weighted by Gasteiger charge is 2.37. The van der Waals surface area contributed by atoms with Crippen molar-refractivity contribution in [2.75, 3.05) is 0 Å². The molecule has 1 aromatic carbocycles. The Hall–Kier alpha value is -1.42. The molecule has 3 nitrogen and oxygen atoms in total. The van der Waals surface area contributed by atoms with Gasteiger partial charge in [-0.3, -0.25) is 4.79 Å². The van der Waals surface area contributed by atoms with E-state index in [0.29, 0.717) is 18.4 Å². The number of halogens is 1. The van der Waals surface area contributed by atoms with Crippen LogP contribution in [-0.4, -0.2) is 22.9 Å². The predicted octanol–water partition coefficient (Wildman–Crippen LogP) is 2.53. The third-order valence-corrected chi connectivity index (χ3v) is 3.71. The molecule has 2 rings (SSSR count). The number of nitrogens with two attached hydrogens (primary N) is 1. The number of benzene rings is 1. The van der Waals surface area contributed by atoms with E-state index in [4.69, 9.17) is 5.73 Å². The molecule has 1 aliphatic rings. The molecular formula is C15H21FN2O. The Morgan fingerprint density at radius 2 is 2.11 bits per heavy atom. The fourth-order valence-electron chi connectivity index (χ4n) is 2.82. The Balaban J connectivity index is 2.48. The standard InChI is InChI=1S/C15H21FN2O/c1-9(2)18-14(19)7-6-13(17)15(18)11-8-10(3)4-5-12(11)16/h4-5,8-9,13,15H,6-7,17H2,1-3H3. The third kappa shape index (κ3) is 2.63. The zero-order valence-electron chi connectivity index (χ0n) is 11.7. The van der Waals surface area contributed by atoms with Gasteiger partial charge in [-0.1, -0.05) is 17.7 Å². The first-order chi connectivity index (χ1) is 8.91. The molecule has 0 radical (unpaired) electrons. The van der Waals surface area contributed by atoms with Crippen molar-refractivity contribution >= 4 is 5.91 Å². The number of likely N-dealkylation sites (tertiary alicyclic amines) is 1. The zero-order valence-corrected chi connectivity index (χ0v) is 11.7. The van der Waals surface area contributed by atoms with Gasteiger partial charge in [0.25, 0.3) is 0 Å². The van der Waals surface area contributed by atoms with Gasteiger partial charge >= 0.3 is 0 Å². The molecule has 19 heavy (non-hydrogen) atoms. The van der Waals surface area contributed by atoms with Gasteiger partial charge in [0, 0.05) is 24.1 Å². The van der Waals surface area contributed by atoms with Crippen LogP contribution in [0.1, 0.15) is 43.9 Å². The van der Waals surface area contributed by atoms with E-state index in [0.717, 1.165) is 5.56 Å². The van der Waals surface area contributed by atoms with E-state index in [1.54, 1.807) is 17.0 Å². The largest absolute Gasteiger partial charge is 0.332 e. The minimum absolute atomic E-state index is 0.0174. The lowest BCUT2D eigenvalue weighted by Gasteiger charge is -2.42. The van der Waals surface area contributed by atoms with E-state index in [-0.39, 0.29) is 29.8 Å². The highest BCUT2D eigenvalue weighted by atomic mass is 19.1. The summed E-state index contributed by atoms with van der Waals surface area (Å²) in [6, 6.07) is 4.43. The van der Waals surface area contributed by atoms with Crippen LogP contribution >= 0.6 is 0 Å². The van der Waals surface area contributed by atoms with Gasteiger partial charge in [0.1, 0.15) is 5.82 Å². The van der Waals surface area contributed by atoms with Crippen LogP contribution in [0.2, 0.25) is 0 Å². The van der Waals surface area contributed by atoms with Gasteiger partial charge in [0.15, 0.2) is 0 Å². The molecule has 1 fully saturated rings. The molecule has 2 unspecified atom stereocenters. The number of amides is 1. The van der Waals surface area contributed by atoms with Crippen LogP contribution in [-0.2, 0) is 4.79 Å². The number of rotatable bonds is 2. The molecule has 0 spiro atoms. The van der Waals surface area contributed by atoms with Crippen LogP contribution in [0.5, 0.6) is 0 Å². The first-order valence-corrected chi connectivity index (χ1v) is 6.74. The summed E-state index contributed by atoms with van der Waals surface area (Å²) in [6.07, 6.45) is 1.06. The second-order valence-electron chi connectivity index (χ2n) is 5.57. The van der Waals surface area contributed by atoms with Crippen molar-refractivity contribution in [1.82, 2.24) is 4.90 Å². The second-order valence-corrected chi connectivity index (χ2v) is 5.57. The summed E-state index contributed by atoms with van der Waals surface area (Å²) in [5.74, 6) is -0.228. The Morgan fingerprint density at radius 3 is 2.74 bits per heavy atom. The number of nitrogens with zero attached hydrogens (tertiary/aromatic N) is 1. The number of carbonyl (C=O) groups is 1. The first kappa shape index (κ1) is 14.0. The van der Waals surface area contributed by atoms with E-state index in [1.165, 1.54) is 6.07 Å². The maximum atomic E-state index is 14.1. The number of hydrogen-bond acceptors (Lipinski definition) is 2. The Kier molecular flexibility index (Phi) is 3.90. The lowest BCUT2D eigenvalue weighted by molar-refractivity contribution is -0.139. The fraction of sp³-hybridized carbons (Fsp3) is 0.533. The second kappa shape index (κ2) is 5.29. The molecule has 2 atom stereocenters. The number of hydrogen-bond donors (Lipinski definition) is 1. The van der Waals surface area contributed by atoms with Gasteiger partial charge < -0.3 is 10.6 Å². The molecule has 0 saturated carbocycles. The lowest BCUT2D eigenvalue weighted by atomic mass is 9.88. The van der Waals surface area contributed by atoms with E-state index < -0.39 is 0 Å². The quantitative estimate of drug-likeness (QED) is 0.892. The Morgan fingerprint density at radius 1 is 1.42 bits per heavy atom. The Bertz CT molecular complexity index is 487. The lowest BCUT2D eigenvalue weighted by Crippen LogP contribution is -2.51. The van der Waals surface area contributed by atoms with Gasteiger partial charge in [-0.05, 0) is 33.3 Å². The van der Waals surface area contributed by atoms with E-state index in [1.807, 2.05) is 20.8 Å². The van der Waals surface area contributed by atoms with Crippen molar-refractivity contribution in [3.63, 3.8) is 0 Å². The molecule has 1 saturated heterocycles. The first-order valence-electron chi connectivity index (χ1n) is 6.74. The van der Waals surface area contributed by atoms with Crippen LogP contribution in [0.15, 0.2) is 18.2 Å². The smallest absolute Gasteiger partial charge is 0.223 e. The van der Waals surface area contributed by atoms with Crippen molar-refractivity contribution in [2.45, 2.75) is 51.7 Å². The maximum Gasteiger partial charge on any atom is 0.223 e. The molecular weight excluding hydrogens is 243 g/mol. The van der Waals surface area contributed by atoms with Crippen LogP contribution in [0, 0.1) is 12.7 Å². The van der Waals surface area contributed by atoms with E-state index in [9.17, 15) is 9.18 Å². The van der Waals surface area contributed by atoms with Crippen LogP contribution in [0.25, 0.3) is 0 Å².